The fraction of sp³-hybridized carbons (Fsp3) is 0.417. The second-order valence-corrected chi connectivity index (χ2v) is 8.02. The van der Waals surface area contributed by atoms with Crippen LogP contribution in [0.25, 0.3) is 0 Å². The number of methoxy groups -OCH3 is 1. The summed E-state index contributed by atoms with van der Waals surface area (Å²) in [5.74, 6) is 1.39. The van der Waals surface area contributed by atoms with Crippen LogP contribution in [0.1, 0.15) is 35.2 Å². The van der Waals surface area contributed by atoms with Crippen molar-refractivity contribution < 1.29 is 23.8 Å². The molecule has 2 aliphatic rings. The van der Waals surface area contributed by atoms with E-state index in [1.54, 1.807) is 25.3 Å². The maximum atomic E-state index is 12.6. The number of carbonyl (C=O) groups is 2. The Morgan fingerprint density at radius 2 is 1.94 bits per heavy atom. The van der Waals surface area contributed by atoms with Gasteiger partial charge in [-0.2, -0.15) is 0 Å². The van der Waals surface area contributed by atoms with Gasteiger partial charge in [0.15, 0.2) is 0 Å². The van der Waals surface area contributed by atoms with Crippen LogP contribution in [0.15, 0.2) is 42.5 Å². The van der Waals surface area contributed by atoms with E-state index in [0.717, 1.165) is 18.5 Å². The van der Waals surface area contributed by atoms with Crippen molar-refractivity contribution in [1.29, 1.82) is 0 Å². The van der Waals surface area contributed by atoms with E-state index in [1.807, 2.05) is 24.3 Å². The lowest BCUT2D eigenvalue weighted by molar-refractivity contribution is -0.123. The Morgan fingerprint density at radius 1 is 1.06 bits per heavy atom. The molecule has 1 fully saturated rings. The molecule has 4 rings (SSSR count). The van der Waals surface area contributed by atoms with Crippen molar-refractivity contribution >= 4 is 24.2 Å². The van der Waals surface area contributed by atoms with Gasteiger partial charge in [-0.25, -0.2) is 0 Å². The summed E-state index contributed by atoms with van der Waals surface area (Å²) >= 11 is 0. The number of nitrogens with one attached hydrogen (secondary N) is 3. The van der Waals surface area contributed by atoms with Crippen molar-refractivity contribution in [2.24, 2.45) is 0 Å². The normalized spacial score (nSPS) is 21.6. The predicted octanol–water partition coefficient (Wildman–Crippen LogP) is 2.80. The maximum absolute atomic E-state index is 12.6. The molecule has 2 aromatic rings. The van der Waals surface area contributed by atoms with Crippen LogP contribution >= 0.6 is 12.4 Å². The smallest absolute Gasteiger partial charge is 0.251 e. The zero-order chi connectivity index (χ0) is 22.3. The molecular formula is C24H30ClN3O5. The molecule has 0 saturated carbocycles. The highest BCUT2D eigenvalue weighted by Crippen LogP contribution is 2.28. The molecule has 0 aliphatic carbocycles. The van der Waals surface area contributed by atoms with Gasteiger partial charge < -0.3 is 30.2 Å². The number of hydrogen-bond acceptors (Lipinski definition) is 6. The van der Waals surface area contributed by atoms with E-state index >= 15 is 0 Å². The molecule has 0 spiro atoms. The van der Waals surface area contributed by atoms with E-state index < -0.39 is 0 Å². The average molecular weight is 476 g/mol. The molecule has 2 amide bonds. The second-order valence-electron chi connectivity index (χ2n) is 8.02. The first-order valence-electron chi connectivity index (χ1n) is 11.0. The lowest BCUT2D eigenvalue weighted by Gasteiger charge is -2.32. The first kappa shape index (κ1) is 24.8. The number of carbonyl (C=O) groups excluding carboxylic acids is 2. The summed E-state index contributed by atoms with van der Waals surface area (Å²) in [4.78, 5) is 25.1. The zero-order valence-electron chi connectivity index (χ0n) is 18.6. The van der Waals surface area contributed by atoms with Gasteiger partial charge in [0.05, 0.1) is 25.9 Å². The molecule has 1 saturated heterocycles. The molecule has 178 valence electrons. The van der Waals surface area contributed by atoms with Crippen molar-refractivity contribution in [1.82, 2.24) is 16.0 Å². The predicted molar refractivity (Wildman–Crippen MR) is 126 cm³/mol. The van der Waals surface area contributed by atoms with Gasteiger partial charge in [0.1, 0.15) is 17.2 Å². The van der Waals surface area contributed by atoms with Crippen LogP contribution in [-0.4, -0.2) is 50.7 Å². The summed E-state index contributed by atoms with van der Waals surface area (Å²) in [5.41, 5.74) is 1.40. The van der Waals surface area contributed by atoms with E-state index in [2.05, 4.69) is 16.0 Å². The number of hydrogen-bond donors (Lipinski definition) is 3. The van der Waals surface area contributed by atoms with E-state index in [0.29, 0.717) is 55.4 Å². The van der Waals surface area contributed by atoms with Gasteiger partial charge >= 0.3 is 0 Å². The van der Waals surface area contributed by atoms with Gasteiger partial charge in [-0.15, -0.1) is 12.4 Å². The molecule has 4 bridgehead atoms. The summed E-state index contributed by atoms with van der Waals surface area (Å²) in [6.45, 7) is 2.34. The van der Waals surface area contributed by atoms with Crippen molar-refractivity contribution in [3.8, 4) is 17.2 Å². The summed E-state index contributed by atoms with van der Waals surface area (Å²) < 4.78 is 17.6. The number of piperidine rings is 1. The molecule has 33 heavy (non-hydrogen) atoms. The van der Waals surface area contributed by atoms with Crippen LogP contribution in [0.5, 0.6) is 17.2 Å². The van der Waals surface area contributed by atoms with Crippen molar-refractivity contribution in [3.05, 3.63) is 53.6 Å². The summed E-state index contributed by atoms with van der Waals surface area (Å²) in [6.07, 6.45) is 1.63. The largest absolute Gasteiger partial charge is 0.497 e. The number of ether oxygens (including phenoxy) is 3. The highest BCUT2D eigenvalue weighted by atomic mass is 35.5. The SMILES string of the molecule is COc1cc2cc(c1)C(=O)NCCCC(=O)N[C@H]1CNCC[C@@H]1OCc1cccc(c1)O2.Cl. The van der Waals surface area contributed by atoms with Gasteiger partial charge in [0.25, 0.3) is 5.91 Å². The first-order valence-corrected chi connectivity index (χ1v) is 11.0. The third-order valence-electron chi connectivity index (χ3n) is 5.61. The van der Waals surface area contributed by atoms with E-state index in [-0.39, 0.29) is 36.4 Å². The number of benzene rings is 2. The highest BCUT2D eigenvalue weighted by molar-refractivity contribution is 5.95. The van der Waals surface area contributed by atoms with Crippen LogP contribution in [-0.2, 0) is 16.1 Å². The minimum absolute atomic E-state index is 0. The number of fused-ring (bicyclic) bond motifs is 5. The van der Waals surface area contributed by atoms with Crippen LogP contribution < -0.4 is 25.4 Å². The third-order valence-corrected chi connectivity index (χ3v) is 5.61. The number of amides is 2. The lowest BCUT2D eigenvalue weighted by atomic mass is 10.0. The Morgan fingerprint density at radius 3 is 2.79 bits per heavy atom. The van der Waals surface area contributed by atoms with Gasteiger partial charge in [0, 0.05) is 31.1 Å². The van der Waals surface area contributed by atoms with Gasteiger partial charge in [0.2, 0.25) is 5.91 Å². The first-order chi connectivity index (χ1) is 15.6. The molecule has 2 aliphatic heterocycles. The molecule has 0 radical (unpaired) electrons. The number of halogens is 1. The minimum Gasteiger partial charge on any atom is -0.497 e. The second kappa shape index (κ2) is 11.9. The summed E-state index contributed by atoms with van der Waals surface area (Å²) in [6, 6.07) is 12.6. The lowest BCUT2D eigenvalue weighted by Crippen LogP contribution is -2.54. The van der Waals surface area contributed by atoms with Gasteiger partial charge in [-0.3, -0.25) is 9.59 Å². The zero-order valence-corrected chi connectivity index (χ0v) is 19.4. The Bertz CT molecular complexity index is 971. The summed E-state index contributed by atoms with van der Waals surface area (Å²) in [7, 11) is 1.55. The Balaban J connectivity index is 0.00000306. The van der Waals surface area contributed by atoms with Crippen LogP contribution in [0.2, 0.25) is 0 Å². The third kappa shape index (κ3) is 6.83. The molecule has 8 nitrogen and oxygen atoms in total. The standard InChI is InChI=1S/C24H29N3O5.ClH/c1-30-19-11-17-12-20(13-19)32-18-5-2-4-16(10-18)15-31-22-7-9-25-14-21(22)27-23(28)6-3-8-26-24(17)29;/h2,4-5,10-13,21-22,25H,3,6-9,14-15H2,1H3,(H,26,29)(H,27,28);1H/t21-,22-;/m0./s1. The highest BCUT2D eigenvalue weighted by Gasteiger charge is 2.27. The van der Waals surface area contributed by atoms with Crippen LogP contribution in [0.3, 0.4) is 0 Å². The fourth-order valence-corrected chi connectivity index (χ4v) is 3.93. The van der Waals surface area contributed by atoms with Crippen molar-refractivity contribution in [2.45, 2.75) is 38.0 Å². The number of rotatable bonds is 1. The van der Waals surface area contributed by atoms with Crippen molar-refractivity contribution in [2.75, 3.05) is 26.7 Å². The van der Waals surface area contributed by atoms with Crippen LogP contribution in [0.4, 0.5) is 0 Å². The average Bonchev–Trinajstić information content (AvgIpc) is 2.80. The fourth-order valence-electron chi connectivity index (χ4n) is 3.93. The van der Waals surface area contributed by atoms with Gasteiger partial charge in [-0.1, -0.05) is 12.1 Å². The molecule has 3 N–H and O–H groups in total. The quantitative estimate of drug-likeness (QED) is 0.586. The summed E-state index contributed by atoms with van der Waals surface area (Å²) in [5, 5.41) is 9.26. The van der Waals surface area contributed by atoms with Crippen molar-refractivity contribution in [3.63, 3.8) is 0 Å². The maximum Gasteiger partial charge on any atom is 0.251 e. The monoisotopic (exact) mass is 475 g/mol. The molecule has 0 unspecified atom stereocenters. The Kier molecular flexibility index (Phi) is 8.94. The molecule has 2 atom stereocenters. The van der Waals surface area contributed by atoms with Gasteiger partial charge in [-0.05, 0) is 49.2 Å². The molecule has 2 aromatic carbocycles. The molecule has 9 heteroatoms. The molecular weight excluding hydrogens is 446 g/mol. The minimum atomic E-state index is -0.242. The Hall–Kier alpha value is -2.81. The Labute approximate surface area is 199 Å². The molecule has 0 aromatic heterocycles. The molecule has 2 heterocycles. The van der Waals surface area contributed by atoms with E-state index in [9.17, 15) is 9.59 Å². The van der Waals surface area contributed by atoms with E-state index in [4.69, 9.17) is 14.2 Å². The van der Waals surface area contributed by atoms with Crippen LogP contribution in [0, 0.1) is 0 Å². The van der Waals surface area contributed by atoms with E-state index in [1.165, 1.54) is 0 Å². The topological polar surface area (TPSA) is 97.9 Å².